The predicted octanol–water partition coefficient (Wildman–Crippen LogP) is 0.820. The zero-order valence-electron chi connectivity index (χ0n) is 10.7. The van der Waals surface area contributed by atoms with Gasteiger partial charge in [0, 0.05) is 5.69 Å². The van der Waals surface area contributed by atoms with Crippen LogP contribution in [0.4, 0.5) is 0 Å². The van der Waals surface area contributed by atoms with Gasteiger partial charge in [-0.05, 0) is 20.8 Å². The Morgan fingerprint density at radius 3 is 2.68 bits per heavy atom. The molecule has 0 spiro atoms. The van der Waals surface area contributed by atoms with Gasteiger partial charge in [0.15, 0.2) is 0 Å². The second-order valence-corrected chi connectivity index (χ2v) is 5.00. The molecule has 0 aliphatic heterocycles. The highest BCUT2D eigenvalue weighted by Gasteiger charge is 2.23. The monoisotopic (exact) mass is 286 g/mol. The molecular weight excluding hydrogens is 272 g/mol. The zero-order chi connectivity index (χ0) is 14.6. The average molecular weight is 286 g/mol. The van der Waals surface area contributed by atoms with E-state index in [9.17, 15) is 14.4 Å². The Morgan fingerprint density at radius 1 is 1.53 bits per heavy atom. The van der Waals surface area contributed by atoms with Crippen LogP contribution in [0.1, 0.15) is 29.9 Å². The average Bonchev–Trinajstić information content (AvgIpc) is 2.27. The third-order valence-corrected chi connectivity index (χ3v) is 3.28. The fourth-order valence-electron chi connectivity index (χ4n) is 1.31. The Balaban J connectivity index is 3.24. The van der Waals surface area contributed by atoms with Crippen LogP contribution >= 0.6 is 11.8 Å². The number of carbonyl (C=O) groups is 2. The number of hydrogen-bond donors (Lipinski definition) is 2. The van der Waals surface area contributed by atoms with Crippen molar-refractivity contribution in [1.82, 2.24) is 9.97 Å². The molecular formula is C11H14N2O5S. The lowest BCUT2D eigenvalue weighted by molar-refractivity contribution is -0.136. The SMILES string of the molecule is CCOC(=O)c1c(S[C@H](C)C(=O)O)nc(=O)[nH]c1C. The van der Waals surface area contributed by atoms with Gasteiger partial charge in [-0.2, -0.15) is 4.98 Å². The Bertz CT molecular complexity index is 555. The third-order valence-electron chi connectivity index (χ3n) is 2.20. The highest BCUT2D eigenvalue weighted by molar-refractivity contribution is 8.00. The molecule has 0 aliphatic rings. The van der Waals surface area contributed by atoms with Gasteiger partial charge < -0.3 is 14.8 Å². The van der Waals surface area contributed by atoms with E-state index in [2.05, 4.69) is 9.97 Å². The van der Waals surface area contributed by atoms with E-state index < -0.39 is 22.9 Å². The molecule has 2 N–H and O–H groups in total. The van der Waals surface area contributed by atoms with Crippen molar-refractivity contribution in [2.24, 2.45) is 0 Å². The highest BCUT2D eigenvalue weighted by atomic mass is 32.2. The van der Waals surface area contributed by atoms with Gasteiger partial charge in [-0.25, -0.2) is 9.59 Å². The number of nitrogens with one attached hydrogen (secondary N) is 1. The lowest BCUT2D eigenvalue weighted by atomic mass is 10.2. The number of carbonyl (C=O) groups excluding carboxylic acids is 1. The summed E-state index contributed by atoms with van der Waals surface area (Å²) in [5.74, 6) is -1.69. The van der Waals surface area contributed by atoms with Gasteiger partial charge in [-0.3, -0.25) is 4.79 Å². The molecule has 0 aliphatic carbocycles. The molecule has 0 saturated carbocycles. The van der Waals surface area contributed by atoms with E-state index >= 15 is 0 Å². The van der Waals surface area contributed by atoms with Crippen LogP contribution in [-0.2, 0) is 9.53 Å². The van der Waals surface area contributed by atoms with Gasteiger partial charge in [0.05, 0.1) is 6.61 Å². The van der Waals surface area contributed by atoms with Crippen LogP contribution < -0.4 is 5.69 Å². The van der Waals surface area contributed by atoms with Gasteiger partial charge >= 0.3 is 17.6 Å². The summed E-state index contributed by atoms with van der Waals surface area (Å²) in [4.78, 5) is 40.0. The van der Waals surface area contributed by atoms with Crippen LogP contribution in [0.3, 0.4) is 0 Å². The van der Waals surface area contributed by atoms with Crippen LogP contribution in [0, 0.1) is 6.92 Å². The number of esters is 1. The second kappa shape index (κ2) is 6.37. The number of nitrogens with zero attached hydrogens (tertiary/aromatic N) is 1. The van der Waals surface area contributed by atoms with E-state index in [-0.39, 0.29) is 17.2 Å². The summed E-state index contributed by atoms with van der Waals surface area (Å²) in [6.45, 7) is 4.81. The summed E-state index contributed by atoms with van der Waals surface area (Å²) in [7, 11) is 0. The van der Waals surface area contributed by atoms with Crippen LogP contribution in [-0.4, -0.2) is 38.9 Å². The van der Waals surface area contributed by atoms with Crippen molar-refractivity contribution in [1.29, 1.82) is 0 Å². The maximum atomic E-state index is 11.8. The van der Waals surface area contributed by atoms with Gasteiger partial charge in [0.25, 0.3) is 0 Å². The fraction of sp³-hybridized carbons (Fsp3) is 0.455. The minimum Gasteiger partial charge on any atom is -0.480 e. The largest absolute Gasteiger partial charge is 0.480 e. The number of carboxylic acid groups (broad SMARTS) is 1. The number of aliphatic carboxylic acids is 1. The van der Waals surface area contributed by atoms with Gasteiger partial charge in [-0.15, -0.1) is 0 Å². The second-order valence-electron chi connectivity index (χ2n) is 3.67. The maximum Gasteiger partial charge on any atom is 0.346 e. The molecule has 8 heteroatoms. The summed E-state index contributed by atoms with van der Waals surface area (Å²) in [6, 6.07) is 0. The first kappa shape index (κ1) is 15.2. The molecule has 1 heterocycles. The number of aromatic amines is 1. The van der Waals surface area contributed by atoms with Crippen LogP contribution in [0.5, 0.6) is 0 Å². The van der Waals surface area contributed by atoms with Gasteiger partial charge in [0.1, 0.15) is 15.8 Å². The van der Waals surface area contributed by atoms with Crippen LogP contribution in [0.15, 0.2) is 9.82 Å². The Hall–Kier alpha value is -1.83. The van der Waals surface area contributed by atoms with Gasteiger partial charge in [0.2, 0.25) is 0 Å². The highest BCUT2D eigenvalue weighted by Crippen LogP contribution is 2.25. The van der Waals surface area contributed by atoms with E-state index in [0.29, 0.717) is 5.69 Å². The first-order chi connectivity index (χ1) is 8.86. The fourth-order valence-corrected chi connectivity index (χ4v) is 2.23. The number of H-pyrrole nitrogens is 1. The smallest absolute Gasteiger partial charge is 0.346 e. The number of ether oxygens (including phenoxy) is 1. The van der Waals surface area contributed by atoms with E-state index in [1.165, 1.54) is 13.8 Å². The number of aryl methyl sites for hydroxylation is 1. The standard InChI is InChI=1S/C11H14N2O5S/c1-4-18-10(16)7-5(2)12-11(17)13-8(7)19-6(3)9(14)15/h6H,4H2,1-3H3,(H,14,15)(H,12,13,17)/t6-/m1/s1. The molecule has 7 nitrogen and oxygen atoms in total. The summed E-state index contributed by atoms with van der Waals surface area (Å²) in [6.07, 6.45) is 0. The summed E-state index contributed by atoms with van der Waals surface area (Å²) < 4.78 is 4.87. The normalized spacial score (nSPS) is 11.9. The molecule has 1 rings (SSSR count). The number of thioether (sulfide) groups is 1. The first-order valence-electron chi connectivity index (χ1n) is 5.54. The number of aromatic nitrogens is 2. The molecule has 0 fully saturated rings. The molecule has 0 aromatic carbocycles. The minimum absolute atomic E-state index is 0.0644. The van der Waals surface area contributed by atoms with Crippen molar-refractivity contribution >= 4 is 23.7 Å². The Labute approximate surface area is 113 Å². The van der Waals surface area contributed by atoms with Crippen molar-refractivity contribution in [3.8, 4) is 0 Å². The molecule has 1 atom stereocenters. The molecule has 1 aromatic rings. The third kappa shape index (κ3) is 3.82. The summed E-state index contributed by atoms with van der Waals surface area (Å²) in [5, 5.41) is 8.10. The molecule has 0 radical (unpaired) electrons. The molecule has 104 valence electrons. The molecule has 0 bridgehead atoms. The molecule has 0 amide bonds. The summed E-state index contributed by atoms with van der Waals surface area (Å²) >= 11 is 0.829. The topological polar surface area (TPSA) is 109 Å². The van der Waals surface area contributed by atoms with Crippen molar-refractivity contribution in [2.45, 2.75) is 31.0 Å². The van der Waals surface area contributed by atoms with E-state index in [1.807, 2.05) is 0 Å². The van der Waals surface area contributed by atoms with E-state index in [4.69, 9.17) is 9.84 Å². The minimum atomic E-state index is -1.06. The summed E-state index contributed by atoms with van der Waals surface area (Å²) in [5.41, 5.74) is -0.233. The van der Waals surface area contributed by atoms with Crippen molar-refractivity contribution in [3.63, 3.8) is 0 Å². The predicted molar refractivity (Wildman–Crippen MR) is 68.5 cm³/mol. The Kier molecular flexibility index (Phi) is 5.11. The molecule has 0 unspecified atom stereocenters. The lowest BCUT2D eigenvalue weighted by Gasteiger charge is -2.11. The van der Waals surface area contributed by atoms with E-state index in [1.54, 1.807) is 6.92 Å². The van der Waals surface area contributed by atoms with Crippen LogP contribution in [0.2, 0.25) is 0 Å². The zero-order valence-corrected chi connectivity index (χ0v) is 11.5. The van der Waals surface area contributed by atoms with Crippen LogP contribution in [0.25, 0.3) is 0 Å². The molecule has 19 heavy (non-hydrogen) atoms. The van der Waals surface area contributed by atoms with E-state index in [0.717, 1.165) is 11.8 Å². The quantitative estimate of drug-likeness (QED) is 0.468. The number of hydrogen-bond acceptors (Lipinski definition) is 6. The molecule has 1 aromatic heterocycles. The number of carboxylic acids is 1. The number of rotatable bonds is 5. The first-order valence-corrected chi connectivity index (χ1v) is 6.42. The molecule has 0 saturated heterocycles. The maximum absolute atomic E-state index is 11.8. The van der Waals surface area contributed by atoms with Crippen molar-refractivity contribution in [3.05, 3.63) is 21.7 Å². The van der Waals surface area contributed by atoms with Crippen molar-refractivity contribution in [2.75, 3.05) is 6.61 Å². The Morgan fingerprint density at radius 2 is 2.16 bits per heavy atom. The van der Waals surface area contributed by atoms with Crippen molar-refractivity contribution < 1.29 is 19.4 Å². The van der Waals surface area contributed by atoms with Gasteiger partial charge in [-0.1, -0.05) is 11.8 Å². The lowest BCUT2D eigenvalue weighted by Crippen LogP contribution is -2.21.